The summed E-state index contributed by atoms with van der Waals surface area (Å²) in [5.74, 6) is 0.955. The smallest absolute Gasteiger partial charge is 0.228 e. The lowest BCUT2D eigenvalue weighted by atomic mass is 9.67. The molecule has 4 heteroatoms. The van der Waals surface area contributed by atoms with Crippen molar-refractivity contribution >= 4 is 18.3 Å². The van der Waals surface area contributed by atoms with Gasteiger partial charge in [-0.15, -0.1) is 12.4 Å². The molecular weight excluding hydrogens is 248 g/mol. The molecule has 1 amide bonds. The fourth-order valence-corrected chi connectivity index (χ4v) is 4.09. The Hall–Kier alpha value is -0.280. The van der Waals surface area contributed by atoms with Crippen molar-refractivity contribution in [3.05, 3.63) is 0 Å². The van der Waals surface area contributed by atoms with Crippen LogP contribution < -0.4 is 10.6 Å². The van der Waals surface area contributed by atoms with Crippen molar-refractivity contribution in [1.82, 2.24) is 10.6 Å². The predicted octanol–water partition coefficient (Wildman–Crippen LogP) is 2.25. The van der Waals surface area contributed by atoms with Crippen molar-refractivity contribution in [2.75, 3.05) is 13.1 Å². The van der Waals surface area contributed by atoms with Crippen molar-refractivity contribution in [2.24, 2.45) is 11.3 Å². The van der Waals surface area contributed by atoms with E-state index in [0.717, 1.165) is 19.5 Å². The van der Waals surface area contributed by atoms with Crippen molar-refractivity contribution in [3.63, 3.8) is 0 Å². The Bertz CT molecular complexity index is 304. The number of carbonyl (C=O) groups excluding carboxylic acids is 1. The van der Waals surface area contributed by atoms with E-state index < -0.39 is 0 Å². The highest BCUT2D eigenvalue weighted by Crippen LogP contribution is 2.44. The highest BCUT2D eigenvalue weighted by molar-refractivity contribution is 5.85. The fraction of sp³-hybridized carbons (Fsp3) is 0.929. The molecule has 3 fully saturated rings. The number of amides is 1. The van der Waals surface area contributed by atoms with Gasteiger partial charge in [0.05, 0.1) is 5.41 Å². The van der Waals surface area contributed by atoms with Gasteiger partial charge in [0, 0.05) is 12.6 Å². The molecule has 0 bridgehead atoms. The first kappa shape index (κ1) is 14.1. The average Bonchev–Trinajstić information content (AvgIpc) is 2.96. The van der Waals surface area contributed by atoms with E-state index >= 15 is 0 Å². The molecule has 3 rings (SSSR count). The van der Waals surface area contributed by atoms with Crippen molar-refractivity contribution in [1.29, 1.82) is 0 Å². The Labute approximate surface area is 116 Å². The molecule has 1 saturated heterocycles. The van der Waals surface area contributed by atoms with Gasteiger partial charge in [0.2, 0.25) is 5.91 Å². The quantitative estimate of drug-likeness (QED) is 0.810. The van der Waals surface area contributed by atoms with Crippen molar-refractivity contribution < 1.29 is 4.79 Å². The van der Waals surface area contributed by atoms with E-state index in [1.165, 1.54) is 44.9 Å². The molecule has 0 spiro atoms. The Morgan fingerprint density at radius 1 is 1.11 bits per heavy atom. The summed E-state index contributed by atoms with van der Waals surface area (Å²) in [5.41, 5.74) is -0.0547. The fourth-order valence-electron chi connectivity index (χ4n) is 4.09. The molecule has 0 aromatic heterocycles. The molecule has 0 aromatic carbocycles. The molecule has 0 unspecified atom stereocenters. The minimum absolute atomic E-state index is 0. The van der Waals surface area contributed by atoms with Gasteiger partial charge in [0.25, 0.3) is 0 Å². The number of halogens is 1. The molecule has 104 valence electrons. The molecule has 2 aliphatic carbocycles. The first-order valence-corrected chi connectivity index (χ1v) is 7.33. The molecule has 3 aliphatic rings. The number of hydrogen-bond donors (Lipinski definition) is 2. The zero-order valence-electron chi connectivity index (χ0n) is 11.0. The summed E-state index contributed by atoms with van der Waals surface area (Å²) in [4.78, 5) is 12.6. The van der Waals surface area contributed by atoms with Crippen LogP contribution in [0.4, 0.5) is 0 Å². The number of rotatable bonds is 2. The van der Waals surface area contributed by atoms with Gasteiger partial charge >= 0.3 is 0 Å². The van der Waals surface area contributed by atoms with Crippen LogP contribution >= 0.6 is 12.4 Å². The van der Waals surface area contributed by atoms with Crippen molar-refractivity contribution in [3.8, 4) is 0 Å². The molecule has 0 aromatic rings. The Balaban J connectivity index is 0.00000120. The Morgan fingerprint density at radius 2 is 1.83 bits per heavy atom. The van der Waals surface area contributed by atoms with E-state index in [9.17, 15) is 4.79 Å². The van der Waals surface area contributed by atoms with Crippen LogP contribution in [0.1, 0.15) is 51.4 Å². The summed E-state index contributed by atoms with van der Waals surface area (Å²) in [6, 6.07) is 0.472. The molecule has 1 aliphatic heterocycles. The van der Waals surface area contributed by atoms with Gasteiger partial charge in [-0.3, -0.25) is 4.79 Å². The summed E-state index contributed by atoms with van der Waals surface area (Å²) in [6.07, 6.45) is 9.86. The van der Waals surface area contributed by atoms with E-state index in [4.69, 9.17) is 0 Å². The first-order chi connectivity index (χ1) is 8.31. The topological polar surface area (TPSA) is 41.1 Å². The number of nitrogens with one attached hydrogen (secondary N) is 2. The molecule has 0 radical (unpaired) electrons. The zero-order valence-corrected chi connectivity index (χ0v) is 11.9. The van der Waals surface area contributed by atoms with Gasteiger partial charge in [-0.05, 0) is 38.1 Å². The van der Waals surface area contributed by atoms with Gasteiger partial charge in [0.15, 0.2) is 0 Å². The SMILES string of the molecule is Cl.O=C(NC1CCCC1)[C@@]12CCCC[C@H]1CNC2. The summed E-state index contributed by atoms with van der Waals surface area (Å²) >= 11 is 0. The standard InChI is InChI=1S/C14H24N2O.ClH/c17-13(16-12-6-1-2-7-12)14-8-4-3-5-11(14)9-15-10-14;/h11-12,15H,1-10H2,(H,16,17);1H/t11-,14+;/m0./s1. The minimum Gasteiger partial charge on any atom is -0.353 e. The minimum atomic E-state index is -0.0547. The van der Waals surface area contributed by atoms with Gasteiger partial charge < -0.3 is 10.6 Å². The lowest BCUT2D eigenvalue weighted by Crippen LogP contribution is -2.50. The van der Waals surface area contributed by atoms with E-state index in [2.05, 4.69) is 10.6 Å². The zero-order chi connectivity index (χ0) is 11.7. The third kappa shape index (κ3) is 2.39. The lowest BCUT2D eigenvalue weighted by molar-refractivity contribution is -0.134. The van der Waals surface area contributed by atoms with Gasteiger partial charge in [-0.25, -0.2) is 0 Å². The molecule has 2 atom stereocenters. The van der Waals surface area contributed by atoms with Crippen LogP contribution in [0.25, 0.3) is 0 Å². The van der Waals surface area contributed by atoms with Crippen LogP contribution in [0.15, 0.2) is 0 Å². The molecule has 3 nitrogen and oxygen atoms in total. The van der Waals surface area contributed by atoms with Gasteiger partial charge in [0.1, 0.15) is 0 Å². The largest absolute Gasteiger partial charge is 0.353 e. The van der Waals surface area contributed by atoms with Crippen LogP contribution in [0.3, 0.4) is 0 Å². The first-order valence-electron chi connectivity index (χ1n) is 7.33. The number of hydrogen-bond acceptors (Lipinski definition) is 2. The average molecular weight is 273 g/mol. The van der Waals surface area contributed by atoms with Crippen LogP contribution in [-0.2, 0) is 4.79 Å². The van der Waals surface area contributed by atoms with Gasteiger partial charge in [-0.2, -0.15) is 0 Å². The van der Waals surface area contributed by atoms with Crippen LogP contribution in [0.5, 0.6) is 0 Å². The van der Waals surface area contributed by atoms with Gasteiger partial charge in [-0.1, -0.05) is 25.7 Å². The maximum absolute atomic E-state index is 12.6. The monoisotopic (exact) mass is 272 g/mol. The maximum Gasteiger partial charge on any atom is 0.228 e. The molecular formula is C14H25ClN2O. The van der Waals surface area contributed by atoms with Crippen molar-refractivity contribution in [2.45, 2.75) is 57.4 Å². The highest BCUT2D eigenvalue weighted by atomic mass is 35.5. The lowest BCUT2D eigenvalue weighted by Gasteiger charge is -2.37. The van der Waals surface area contributed by atoms with Crippen LogP contribution in [0.2, 0.25) is 0 Å². The Kier molecular flexibility index (Phi) is 4.54. The summed E-state index contributed by atoms with van der Waals surface area (Å²) in [6.45, 7) is 1.97. The molecule has 2 saturated carbocycles. The predicted molar refractivity (Wildman–Crippen MR) is 74.9 cm³/mol. The molecule has 1 heterocycles. The number of carbonyl (C=O) groups is 1. The second-order valence-corrected chi connectivity index (χ2v) is 6.18. The van der Waals surface area contributed by atoms with Crippen LogP contribution in [-0.4, -0.2) is 25.0 Å². The molecule has 2 N–H and O–H groups in total. The summed E-state index contributed by atoms with van der Waals surface area (Å²) < 4.78 is 0. The van der Waals surface area contributed by atoms with E-state index in [-0.39, 0.29) is 17.8 Å². The Morgan fingerprint density at radius 3 is 2.61 bits per heavy atom. The van der Waals surface area contributed by atoms with E-state index in [0.29, 0.717) is 17.9 Å². The van der Waals surface area contributed by atoms with E-state index in [1.807, 2.05) is 0 Å². The second-order valence-electron chi connectivity index (χ2n) is 6.18. The number of fused-ring (bicyclic) bond motifs is 1. The van der Waals surface area contributed by atoms with Crippen LogP contribution in [0, 0.1) is 11.3 Å². The maximum atomic E-state index is 12.6. The summed E-state index contributed by atoms with van der Waals surface area (Å²) in [5, 5.41) is 6.78. The summed E-state index contributed by atoms with van der Waals surface area (Å²) in [7, 11) is 0. The molecule has 18 heavy (non-hydrogen) atoms. The second kappa shape index (κ2) is 5.79. The normalized spacial score (nSPS) is 35.9. The third-order valence-electron chi connectivity index (χ3n) is 5.18. The third-order valence-corrected chi connectivity index (χ3v) is 5.18. The highest BCUT2D eigenvalue weighted by Gasteiger charge is 2.50. The van der Waals surface area contributed by atoms with E-state index in [1.54, 1.807) is 0 Å².